The molecule has 0 spiro atoms. The molecule has 0 saturated carbocycles. The molecule has 3 aromatic carbocycles. The molecule has 1 heterocycles. The molecular formula is C24H18BrFO2. The van der Waals surface area contributed by atoms with Crippen molar-refractivity contribution in [1.29, 1.82) is 0 Å². The van der Waals surface area contributed by atoms with Crippen molar-refractivity contribution in [3.63, 3.8) is 0 Å². The van der Waals surface area contributed by atoms with Gasteiger partial charge in [-0.1, -0.05) is 88.7 Å². The van der Waals surface area contributed by atoms with Crippen molar-refractivity contribution < 1.29 is 13.9 Å². The summed E-state index contributed by atoms with van der Waals surface area (Å²) in [6, 6.07) is 25.1. The van der Waals surface area contributed by atoms with Gasteiger partial charge in [-0.25, -0.2) is 4.39 Å². The zero-order valence-electron chi connectivity index (χ0n) is 15.1. The lowest BCUT2D eigenvalue weighted by atomic mass is 9.87. The maximum atomic E-state index is 13.5. The third-order valence-electron chi connectivity index (χ3n) is 4.97. The molecule has 1 unspecified atom stereocenters. The van der Waals surface area contributed by atoms with Crippen LogP contribution in [-0.2, 0) is 10.3 Å². The van der Waals surface area contributed by atoms with Crippen molar-refractivity contribution in [2.24, 2.45) is 0 Å². The first kappa shape index (κ1) is 18.6. The van der Waals surface area contributed by atoms with E-state index in [0.29, 0.717) is 28.6 Å². The fraction of sp³-hybridized carbons (Fsp3) is 0.125. The molecule has 0 amide bonds. The summed E-state index contributed by atoms with van der Waals surface area (Å²) in [7, 11) is 0. The van der Waals surface area contributed by atoms with E-state index in [1.54, 1.807) is 12.1 Å². The Labute approximate surface area is 171 Å². The minimum atomic E-state index is -0.765. The maximum absolute atomic E-state index is 13.5. The van der Waals surface area contributed by atoms with E-state index in [1.807, 2.05) is 60.7 Å². The first-order valence-electron chi connectivity index (χ1n) is 9.02. The van der Waals surface area contributed by atoms with Crippen LogP contribution in [-0.4, -0.2) is 11.1 Å². The number of Topliss-reactive ketones (excluding diaryl/α,β-unsaturated/α-hetero) is 1. The molecule has 3 aromatic rings. The van der Waals surface area contributed by atoms with Gasteiger partial charge in [-0.3, -0.25) is 4.79 Å². The number of ether oxygens (including phenoxy) is 1. The molecular weight excluding hydrogens is 419 g/mol. The third kappa shape index (κ3) is 3.40. The first-order chi connectivity index (χ1) is 13.6. The van der Waals surface area contributed by atoms with E-state index in [4.69, 9.17) is 4.74 Å². The molecule has 1 aliphatic heterocycles. The summed E-state index contributed by atoms with van der Waals surface area (Å²) in [4.78, 5) is 13.3. The summed E-state index contributed by atoms with van der Waals surface area (Å²) in [5, 5.41) is 0.480. The van der Waals surface area contributed by atoms with Gasteiger partial charge in [-0.05, 0) is 17.7 Å². The Morgan fingerprint density at radius 3 is 2.14 bits per heavy atom. The number of benzene rings is 3. The molecule has 4 rings (SSSR count). The van der Waals surface area contributed by atoms with Crippen LogP contribution in [0.2, 0.25) is 0 Å². The quantitative estimate of drug-likeness (QED) is 0.355. The Hall–Kier alpha value is -2.72. The van der Waals surface area contributed by atoms with Crippen molar-refractivity contribution in [3.05, 3.63) is 113 Å². The van der Waals surface area contributed by atoms with E-state index in [2.05, 4.69) is 15.9 Å². The van der Waals surface area contributed by atoms with Crippen LogP contribution in [0.4, 0.5) is 4.39 Å². The fourth-order valence-corrected chi connectivity index (χ4v) is 4.13. The van der Waals surface area contributed by atoms with Gasteiger partial charge in [0, 0.05) is 28.5 Å². The van der Waals surface area contributed by atoms with Gasteiger partial charge in [0.1, 0.15) is 17.2 Å². The average molecular weight is 437 g/mol. The topological polar surface area (TPSA) is 26.3 Å². The van der Waals surface area contributed by atoms with Crippen molar-refractivity contribution in [2.45, 2.75) is 12.0 Å². The number of ketones is 1. The molecule has 0 aromatic heterocycles. The van der Waals surface area contributed by atoms with Gasteiger partial charge in [0.05, 0.1) is 0 Å². The van der Waals surface area contributed by atoms with Crippen LogP contribution in [0.1, 0.15) is 27.9 Å². The van der Waals surface area contributed by atoms with Gasteiger partial charge in [0.15, 0.2) is 5.78 Å². The molecule has 2 nitrogen and oxygen atoms in total. The smallest absolute Gasteiger partial charge is 0.192 e. The number of carbonyl (C=O) groups excluding carboxylic acids is 1. The Bertz CT molecular complexity index is 1010. The monoisotopic (exact) mass is 436 g/mol. The fourth-order valence-electron chi connectivity index (χ4n) is 3.50. The van der Waals surface area contributed by atoms with Gasteiger partial charge >= 0.3 is 0 Å². The summed E-state index contributed by atoms with van der Waals surface area (Å²) in [5.74, 6) is 0.228. The van der Waals surface area contributed by atoms with Crippen LogP contribution in [0.5, 0.6) is 0 Å². The highest BCUT2D eigenvalue weighted by atomic mass is 79.9. The van der Waals surface area contributed by atoms with Crippen LogP contribution in [0.3, 0.4) is 0 Å². The number of hydrogen-bond acceptors (Lipinski definition) is 2. The van der Waals surface area contributed by atoms with Gasteiger partial charge in [0.25, 0.3) is 0 Å². The van der Waals surface area contributed by atoms with E-state index in [9.17, 15) is 9.18 Å². The van der Waals surface area contributed by atoms with Crippen molar-refractivity contribution in [2.75, 3.05) is 5.33 Å². The van der Waals surface area contributed by atoms with Crippen molar-refractivity contribution >= 4 is 27.5 Å². The zero-order valence-corrected chi connectivity index (χ0v) is 16.7. The third-order valence-corrected chi connectivity index (χ3v) is 5.87. The molecule has 0 radical (unpaired) electrons. The Balaban J connectivity index is 1.81. The van der Waals surface area contributed by atoms with Gasteiger partial charge in [-0.2, -0.15) is 0 Å². The molecule has 140 valence electrons. The van der Waals surface area contributed by atoms with Crippen LogP contribution < -0.4 is 0 Å². The second kappa shape index (κ2) is 7.72. The highest BCUT2D eigenvalue weighted by Gasteiger charge is 2.44. The second-order valence-corrected chi connectivity index (χ2v) is 7.34. The molecule has 4 heteroatoms. The number of halogens is 2. The molecule has 1 aliphatic rings. The maximum Gasteiger partial charge on any atom is 0.192 e. The molecule has 0 fully saturated rings. The summed E-state index contributed by atoms with van der Waals surface area (Å²) >= 11 is 3.56. The van der Waals surface area contributed by atoms with Crippen LogP contribution in [0.25, 0.3) is 5.76 Å². The number of alkyl halides is 1. The highest BCUT2D eigenvalue weighted by molar-refractivity contribution is 9.09. The molecule has 0 saturated heterocycles. The van der Waals surface area contributed by atoms with Crippen LogP contribution in [0.15, 0.2) is 90.5 Å². The minimum absolute atomic E-state index is 0.0515. The molecule has 0 N–H and O–H groups in total. The van der Waals surface area contributed by atoms with Crippen LogP contribution >= 0.6 is 15.9 Å². The largest absolute Gasteiger partial charge is 0.480 e. The van der Waals surface area contributed by atoms with E-state index in [1.165, 1.54) is 12.1 Å². The summed E-state index contributed by atoms with van der Waals surface area (Å²) < 4.78 is 19.9. The van der Waals surface area contributed by atoms with Crippen LogP contribution in [0, 0.1) is 5.82 Å². The van der Waals surface area contributed by atoms with Crippen molar-refractivity contribution in [3.8, 4) is 0 Å². The van der Waals surface area contributed by atoms with Gasteiger partial charge in [-0.15, -0.1) is 0 Å². The predicted octanol–water partition coefficient (Wildman–Crippen LogP) is 6.13. The SMILES string of the molecule is O=C(C1=C(c2ccccc2)OC(CBr)(c2ccc(F)cc2)C1)c1ccccc1. The Kier molecular flexibility index (Phi) is 5.14. The van der Waals surface area contributed by atoms with E-state index < -0.39 is 5.60 Å². The zero-order chi connectivity index (χ0) is 19.6. The Morgan fingerprint density at radius 1 is 0.929 bits per heavy atom. The number of rotatable bonds is 5. The van der Waals surface area contributed by atoms with Gasteiger partial charge in [0.2, 0.25) is 0 Å². The second-order valence-electron chi connectivity index (χ2n) is 6.78. The molecule has 1 atom stereocenters. The molecule has 0 bridgehead atoms. The lowest BCUT2D eigenvalue weighted by molar-refractivity contribution is 0.0825. The molecule has 28 heavy (non-hydrogen) atoms. The normalized spacial score (nSPS) is 18.8. The minimum Gasteiger partial charge on any atom is -0.480 e. The number of hydrogen-bond donors (Lipinski definition) is 0. The summed E-state index contributed by atoms with van der Waals surface area (Å²) in [6.45, 7) is 0. The lowest BCUT2D eigenvalue weighted by Crippen LogP contribution is -2.28. The van der Waals surface area contributed by atoms with Crippen molar-refractivity contribution in [1.82, 2.24) is 0 Å². The standard InChI is InChI=1S/C24H18BrFO2/c25-16-24(19-11-13-20(26)14-12-19)15-21(22(27)17-7-3-1-4-8-17)23(28-24)18-9-5-2-6-10-18/h1-14H,15-16H2. The summed E-state index contributed by atoms with van der Waals surface area (Å²) in [6.07, 6.45) is 0.405. The van der Waals surface area contributed by atoms with E-state index in [0.717, 1.165) is 11.1 Å². The number of carbonyl (C=O) groups is 1. The summed E-state index contributed by atoms with van der Waals surface area (Å²) in [5.41, 5.74) is 2.17. The first-order valence-corrected chi connectivity index (χ1v) is 10.1. The molecule has 0 aliphatic carbocycles. The van der Waals surface area contributed by atoms with Gasteiger partial charge < -0.3 is 4.74 Å². The predicted molar refractivity (Wildman–Crippen MR) is 112 cm³/mol. The van der Waals surface area contributed by atoms with E-state index in [-0.39, 0.29) is 11.6 Å². The Morgan fingerprint density at radius 2 is 1.54 bits per heavy atom. The van der Waals surface area contributed by atoms with E-state index >= 15 is 0 Å². The lowest BCUT2D eigenvalue weighted by Gasteiger charge is -2.28. The average Bonchev–Trinajstić information content (AvgIpc) is 3.16. The highest BCUT2D eigenvalue weighted by Crippen LogP contribution is 2.47.